The van der Waals surface area contributed by atoms with Crippen molar-refractivity contribution in [2.75, 3.05) is 67.5 Å². The molecule has 11 nitrogen and oxygen atoms in total. The summed E-state index contributed by atoms with van der Waals surface area (Å²) in [5.74, 6) is 0.896. The number of nitrogens with zero attached hydrogens (tertiary/aromatic N) is 6. The van der Waals surface area contributed by atoms with Gasteiger partial charge < -0.3 is 19.9 Å². The minimum absolute atomic E-state index is 0.00440. The van der Waals surface area contributed by atoms with E-state index in [1.54, 1.807) is 11.1 Å². The molecule has 9 rings (SSSR count). The first-order valence-electron chi connectivity index (χ1n) is 17.7. The second-order valence-corrected chi connectivity index (χ2v) is 13.8. The lowest BCUT2D eigenvalue weighted by atomic mass is 9.69. The minimum Gasteiger partial charge on any atom is -0.490 e. The van der Waals surface area contributed by atoms with Crippen LogP contribution in [0.15, 0.2) is 79.0 Å². The van der Waals surface area contributed by atoms with Gasteiger partial charge in [-0.05, 0) is 67.5 Å². The van der Waals surface area contributed by atoms with E-state index < -0.39 is 0 Å². The van der Waals surface area contributed by atoms with E-state index in [1.807, 2.05) is 52.3 Å². The predicted molar refractivity (Wildman–Crippen MR) is 192 cm³/mol. The summed E-state index contributed by atoms with van der Waals surface area (Å²) < 4.78 is 5.62. The number of nitriles is 1. The molecule has 11 heteroatoms. The van der Waals surface area contributed by atoms with Crippen LogP contribution >= 0.6 is 0 Å². The maximum Gasteiger partial charge on any atom is 0.324 e. The van der Waals surface area contributed by atoms with Gasteiger partial charge in [0.2, 0.25) is 0 Å². The summed E-state index contributed by atoms with van der Waals surface area (Å²) in [7, 11) is 0. The molecule has 4 aliphatic heterocycles. The Morgan fingerprint density at radius 1 is 0.880 bits per heavy atom. The van der Waals surface area contributed by atoms with Crippen molar-refractivity contribution in [1.82, 2.24) is 20.0 Å². The summed E-state index contributed by atoms with van der Waals surface area (Å²) in [6.07, 6.45) is 7.30. The number of carbonyl (C=O) groups excluding carboxylic acids is 2. The molecule has 0 radical (unpaired) electrons. The first-order valence-corrected chi connectivity index (χ1v) is 17.7. The zero-order valence-corrected chi connectivity index (χ0v) is 28.2. The summed E-state index contributed by atoms with van der Waals surface area (Å²) in [5, 5.41) is 19.2. The highest BCUT2D eigenvalue weighted by Crippen LogP contribution is 2.44. The average molecular weight is 671 g/mol. The zero-order chi connectivity index (χ0) is 34.1. The molecule has 2 atom stereocenters. The van der Waals surface area contributed by atoms with E-state index >= 15 is 0 Å². The van der Waals surface area contributed by atoms with Gasteiger partial charge in [0, 0.05) is 62.4 Å². The number of para-hydroxylation sites is 4. The highest BCUT2D eigenvalue weighted by Gasteiger charge is 2.45. The first-order chi connectivity index (χ1) is 24.5. The molecule has 1 aromatic heterocycles. The number of urea groups is 2. The third kappa shape index (κ3) is 5.78. The predicted octanol–water partition coefficient (Wildman–Crippen LogP) is 6.11. The van der Waals surface area contributed by atoms with Crippen molar-refractivity contribution in [3.05, 3.63) is 101 Å². The first kappa shape index (κ1) is 31.7. The Morgan fingerprint density at radius 3 is 2.56 bits per heavy atom. The van der Waals surface area contributed by atoms with Gasteiger partial charge in [0.1, 0.15) is 18.4 Å². The van der Waals surface area contributed by atoms with E-state index in [4.69, 9.17) is 10.00 Å². The van der Waals surface area contributed by atoms with E-state index in [2.05, 4.69) is 56.8 Å². The van der Waals surface area contributed by atoms with Crippen molar-refractivity contribution in [1.29, 1.82) is 5.26 Å². The van der Waals surface area contributed by atoms with E-state index in [1.165, 1.54) is 30.4 Å². The van der Waals surface area contributed by atoms with E-state index in [-0.39, 0.29) is 23.4 Å². The number of H-pyrrole nitrogens is 1. The van der Waals surface area contributed by atoms with Gasteiger partial charge in [-0.25, -0.2) is 9.59 Å². The molecule has 3 aromatic carbocycles. The lowest BCUT2D eigenvalue weighted by Gasteiger charge is -2.37. The van der Waals surface area contributed by atoms with Crippen molar-refractivity contribution >= 4 is 29.1 Å². The zero-order valence-electron chi connectivity index (χ0n) is 28.2. The van der Waals surface area contributed by atoms with Gasteiger partial charge in [-0.1, -0.05) is 48.5 Å². The topological polar surface area (TPSA) is 121 Å². The smallest absolute Gasteiger partial charge is 0.324 e. The van der Waals surface area contributed by atoms with Crippen LogP contribution in [0.4, 0.5) is 26.7 Å². The Hall–Kier alpha value is -5.50. The number of rotatable bonds is 1. The van der Waals surface area contributed by atoms with Crippen LogP contribution in [-0.4, -0.2) is 84.5 Å². The van der Waals surface area contributed by atoms with Gasteiger partial charge in [-0.2, -0.15) is 10.4 Å². The minimum atomic E-state index is -0.00440. The highest BCUT2D eigenvalue weighted by atomic mass is 16.5. The third-order valence-corrected chi connectivity index (χ3v) is 11.0. The molecule has 5 heterocycles. The van der Waals surface area contributed by atoms with Crippen molar-refractivity contribution < 1.29 is 14.3 Å². The number of aromatic amines is 1. The molecule has 5 aliphatic rings. The maximum atomic E-state index is 13.3. The van der Waals surface area contributed by atoms with Crippen LogP contribution in [0.1, 0.15) is 54.0 Å². The molecule has 1 aliphatic carbocycles. The Labute approximate surface area is 292 Å². The SMILES string of the molecule is N#Cc1n[nH]cc1C1CCN(C(=O)N2CCOc3ccccc32)C1.O=C(N1CCC2(CCCc3ccccc32)C1)N1CCNc2ccccc21. The summed E-state index contributed by atoms with van der Waals surface area (Å²) >= 11 is 0. The van der Waals surface area contributed by atoms with Gasteiger partial charge in [-0.3, -0.25) is 14.9 Å². The van der Waals surface area contributed by atoms with Crippen LogP contribution in [0.2, 0.25) is 0 Å². The van der Waals surface area contributed by atoms with E-state index in [9.17, 15) is 9.59 Å². The number of aryl methyl sites for hydroxylation is 1. The summed E-state index contributed by atoms with van der Waals surface area (Å²) in [6, 6.07) is 26.9. The molecule has 256 valence electrons. The monoisotopic (exact) mass is 670 g/mol. The Morgan fingerprint density at radius 2 is 1.66 bits per heavy atom. The average Bonchev–Trinajstić information content (AvgIpc) is 3.95. The Kier molecular flexibility index (Phi) is 8.53. The van der Waals surface area contributed by atoms with Gasteiger partial charge in [0.25, 0.3) is 0 Å². The Balaban J connectivity index is 0.000000145. The number of hydrogen-bond donors (Lipinski definition) is 2. The maximum absolute atomic E-state index is 13.3. The second kappa shape index (κ2) is 13.4. The largest absolute Gasteiger partial charge is 0.490 e. The number of aromatic nitrogens is 2. The molecule has 4 amide bonds. The standard InChI is InChI=1S/C22H25N3O.C17H17N5O2/c26-21(25-15-13-23-19-9-3-4-10-20(19)25)24-14-12-22(16-24)11-5-7-17-6-1-2-8-18(17)22;18-9-14-13(10-19-20-14)12-5-6-21(11-12)17(23)22-7-8-24-16-4-2-1-3-15(16)22/h1-4,6,8-10,23H,5,7,11-16H2;1-4,10,12H,5-8,11H2,(H,19,20). The molecule has 2 N–H and O–H groups in total. The summed E-state index contributed by atoms with van der Waals surface area (Å²) in [6.45, 7) is 5.59. The number of likely N-dealkylation sites (tertiary alicyclic amines) is 2. The van der Waals surface area contributed by atoms with Crippen molar-refractivity contribution in [3.8, 4) is 11.8 Å². The molecule has 1 spiro atoms. The summed E-state index contributed by atoms with van der Waals surface area (Å²) in [5.41, 5.74) is 7.35. The van der Waals surface area contributed by atoms with Crippen LogP contribution in [0.3, 0.4) is 0 Å². The number of anilines is 3. The number of fused-ring (bicyclic) bond motifs is 4. The second-order valence-electron chi connectivity index (χ2n) is 13.8. The quantitative estimate of drug-likeness (QED) is 0.252. The molecule has 2 fully saturated rings. The fourth-order valence-corrected chi connectivity index (χ4v) is 8.54. The van der Waals surface area contributed by atoms with Gasteiger partial charge in [0.15, 0.2) is 5.69 Å². The van der Waals surface area contributed by atoms with Crippen molar-refractivity contribution in [2.24, 2.45) is 0 Å². The van der Waals surface area contributed by atoms with Crippen LogP contribution in [0.25, 0.3) is 0 Å². The molecule has 0 saturated carbocycles. The molecule has 4 aromatic rings. The van der Waals surface area contributed by atoms with Gasteiger partial charge in [-0.15, -0.1) is 0 Å². The highest BCUT2D eigenvalue weighted by molar-refractivity contribution is 5.97. The fraction of sp³-hybridized carbons (Fsp3) is 0.385. The number of amides is 4. The molecule has 2 saturated heterocycles. The molecule has 50 heavy (non-hydrogen) atoms. The molecule has 0 bridgehead atoms. The molecule has 2 unspecified atom stereocenters. The third-order valence-electron chi connectivity index (χ3n) is 11.0. The van der Waals surface area contributed by atoms with Gasteiger partial charge >= 0.3 is 12.1 Å². The lowest BCUT2D eigenvalue weighted by molar-refractivity contribution is 0.209. The van der Waals surface area contributed by atoms with Crippen LogP contribution < -0.4 is 19.9 Å². The Bertz CT molecular complexity index is 1940. The normalized spacial score (nSPS) is 21.9. The number of benzene rings is 3. The lowest BCUT2D eigenvalue weighted by Crippen LogP contribution is -2.47. The number of carbonyl (C=O) groups is 2. The van der Waals surface area contributed by atoms with Crippen molar-refractivity contribution in [3.63, 3.8) is 0 Å². The molecular weight excluding hydrogens is 628 g/mol. The van der Waals surface area contributed by atoms with Crippen LogP contribution in [-0.2, 0) is 11.8 Å². The number of hydrogen-bond acceptors (Lipinski definition) is 6. The summed E-state index contributed by atoms with van der Waals surface area (Å²) in [4.78, 5) is 33.9. The van der Waals surface area contributed by atoms with E-state index in [0.717, 1.165) is 67.4 Å². The van der Waals surface area contributed by atoms with E-state index in [0.29, 0.717) is 31.9 Å². The van der Waals surface area contributed by atoms with Crippen LogP contribution in [0.5, 0.6) is 5.75 Å². The van der Waals surface area contributed by atoms with Crippen molar-refractivity contribution in [2.45, 2.75) is 43.4 Å². The molecular formula is C39H42N8O3. The number of nitrogens with one attached hydrogen (secondary N) is 2. The van der Waals surface area contributed by atoms with Gasteiger partial charge in [0.05, 0.1) is 23.6 Å². The number of ether oxygens (including phenoxy) is 1. The van der Waals surface area contributed by atoms with Crippen LogP contribution in [0, 0.1) is 11.3 Å². The fourth-order valence-electron chi connectivity index (χ4n) is 8.54.